The van der Waals surface area contributed by atoms with Crippen LogP contribution in [0.2, 0.25) is 0 Å². The third-order valence-corrected chi connectivity index (χ3v) is 4.57. The summed E-state index contributed by atoms with van der Waals surface area (Å²) in [6.45, 7) is 10.4. The number of aromatic amines is 1. The van der Waals surface area contributed by atoms with Crippen molar-refractivity contribution in [3.05, 3.63) is 29.7 Å². The van der Waals surface area contributed by atoms with E-state index < -0.39 is 0 Å². The largest absolute Gasteiger partial charge is 0.310 e. The lowest BCUT2D eigenvalue weighted by Gasteiger charge is -2.31. The highest BCUT2D eigenvalue weighted by molar-refractivity contribution is 5.91. The molecule has 2 N–H and O–H groups in total. The van der Waals surface area contributed by atoms with Crippen LogP contribution in [-0.4, -0.2) is 50.4 Å². The molecule has 25 heavy (non-hydrogen) atoms. The molecule has 0 saturated carbocycles. The molecule has 2 aromatic heterocycles. The molecule has 0 radical (unpaired) electrons. The Kier molecular flexibility index (Phi) is 4.94. The van der Waals surface area contributed by atoms with Crippen LogP contribution in [0, 0.1) is 6.92 Å². The lowest BCUT2D eigenvalue weighted by atomic mass is 9.95. The average Bonchev–Trinajstić information content (AvgIpc) is 3.16. The number of H-pyrrole nitrogens is 1. The Balaban J connectivity index is 1.61. The minimum Gasteiger partial charge on any atom is -0.310 e. The minimum absolute atomic E-state index is 0.00987. The van der Waals surface area contributed by atoms with E-state index in [0.29, 0.717) is 12.5 Å². The molecular weight excluding hydrogens is 316 g/mol. The Morgan fingerprint density at radius 2 is 2.24 bits per heavy atom. The Labute approximate surface area is 148 Å². The number of carbonyl (C=O) groups excluding carboxylic acids is 1. The molecule has 3 rings (SSSR count). The Morgan fingerprint density at radius 3 is 2.92 bits per heavy atom. The van der Waals surface area contributed by atoms with Gasteiger partial charge in [-0.2, -0.15) is 10.2 Å². The second-order valence-corrected chi connectivity index (χ2v) is 7.89. The van der Waals surface area contributed by atoms with Gasteiger partial charge in [-0.25, -0.2) is 4.68 Å². The second kappa shape index (κ2) is 7.00. The van der Waals surface area contributed by atoms with Crippen molar-refractivity contribution in [3.8, 4) is 0 Å². The molecule has 2 aromatic rings. The van der Waals surface area contributed by atoms with Crippen LogP contribution < -0.4 is 5.32 Å². The van der Waals surface area contributed by atoms with Gasteiger partial charge in [0.1, 0.15) is 5.82 Å². The number of nitrogens with zero attached hydrogens (tertiary/aromatic N) is 4. The molecule has 1 atom stereocenters. The molecule has 7 nitrogen and oxygen atoms in total. The van der Waals surface area contributed by atoms with Gasteiger partial charge < -0.3 is 5.32 Å². The van der Waals surface area contributed by atoms with E-state index >= 15 is 0 Å². The van der Waals surface area contributed by atoms with E-state index in [1.807, 2.05) is 23.7 Å². The molecule has 0 aromatic carbocycles. The number of piperidine rings is 1. The normalized spacial score (nSPS) is 19.1. The summed E-state index contributed by atoms with van der Waals surface area (Å²) >= 11 is 0. The summed E-state index contributed by atoms with van der Waals surface area (Å²) in [5.41, 5.74) is 1.89. The van der Waals surface area contributed by atoms with Crippen molar-refractivity contribution in [1.29, 1.82) is 0 Å². The van der Waals surface area contributed by atoms with Crippen LogP contribution in [0.1, 0.15) is 50.9 Å². The molecule has 136 valence electrons. The predicted molar refractivity (Wildman–Crippen MR) is 97.6 cm³/mol. The van der Waals surface area contributed by atoms with E-state index in [9.17, 15) is 4.79 Å². The van der Waals surface area contributed by atoms with Crippen LogP contribution in [0.3, 0.4) is 0 Å². The number of nitrogens with one attached hydrogen (secondary N) is 2. The average molecular weight is 344 g/mol. The fraction of sp³-hybridized carbons (Fsp3) is 0.611. The number of rotatable bonds is 4. The fourth-order valence-corrected chi connectivity index (χ4v) is 3.43. The Morgan fingerprint density at radius 1 is 1.44 bits per heavy atom. The van der Waals surface area contributed by atoms with Crippen molar-refractivity contribution in [2.24, 2.45) is 0 Å². The molecule has 1 aliphatic heterocycles. The third-order valence-electron chi connectivity index (χ3n) is 4.57. The topological polar surface area (TPSA) is 78.8 Å². The highest BCUT2D eigenvalue weighted by Crippen LogP contribution is 2.25. The minimum atomic E-state index is -0.173. The highest BCUT2D eigenvalue weighted by Gasteiger charge is 2.25. The van der Waals surface area contributed by atoms with E-state index in [4.69, 9.17) is 0 Å². The molecule has 3 heterocycles. The van der Waals surface area contributed by atoms with Gasteiger partial charge >= 0.3 is 0 Å². The maximum atomic E-state index is 12.5. The predicted octanol–water partition coefficient (Wildman–Crippen LogP) is 2.49. The summed E-state index contributed by atoms with van der Waals surface area (Å²) < 4.78 is 1.88. The van der Waals surface area contributed by atoms with Crippen molar-refractivity contribution in [2.75, 3.05) is 25.0 Å². The smallest absolute Gasteiger partial charge is 0.239 e. The summed E-state index contributed by atoms with van der Waals surface area (Å²) in [6, 6.07) is 3.95. The van der Waals surface area contributed by atoms with Crippen LogP contribution >= 0.6 is 0 Å². The van der Waals surface area contributed by atoms with Gasteiger partial charge in [0.2, 0.25) is 5.91 Å². The molecule has 1 amide bonds. The van der Waals surface area contributed by atoms with Gasteiger partial charge in [0.05, 0.1) is 17.8 Å². The maximum absolute atomic E-state index is 12.5. The summed E-state index contributed by atoms with van der Waals surface area (Å²) in [6.07, 6.45) is 4.02. The number of hydrogen-bond acceptors (Lipinski definition) is 4. The van der Waals surface area contributed by atoms with Crippen LogP contribution in [0.4, 0.5) is 5.82 Å². The zero-order chi connectivity index (χ0) is 18.0. The van der Waals surface area contributed by atoms with E-state index in [-0.39, 0.29) is 11.4 Å². The molecule has 0 aliphatic carbocycles. The molecular formula is C18H28N6O. The van der Waals surface area contributed by atoms with Crippen LogP contribution in [0.15, 0.2) is 18.3 Å². The van der Waals surface area contributed by atoms with Crippen molar-refractivity contribution < 1.29 is 4.79 Å². The standard InChI is InChI=1S/C18H28N6O/c1-13-10-16(24(22-13)18(2,3)4)20-17(25)12-23-9-5-6-14(11-23)15-7-8-19-21-15/h7-8,10,14H,5-6,9,11-12H2,1-4H3,(H,19,21)(H,20,25)/t14-/m0/s1. The number of aryl methyl sites for hydroxylation is 1. The summed E-state index contributed by atoms with van der Waals surface area (Å²) in [5.74, 6) is 1.19. The van der Waals surface area contributed by atoms with Gasteiger partial charge in [-0.1, -0.05) is 0 Å². The van der Waals surface area contributed by atoms with Gasteiger partial charge in [-0.05, 0) is 53.1 Å². The van der Waals surface area contributed by atoms with E-state index in [1.54, 1.807) is 6.20 Å². The zero-order valence-corrected chi connectivity index (χ0v) is 15.5. The number of amides is 1. The van der Waals surface area contributed by atoms with E-state index in [2.05, 4.69) is 46.3 Å². The number of carbonyl (C=O) groups is 1. The fourth-order valence-electron chi connectivity index (χ4n) is 3.43. The Hall–Kier alpha value is -2.15. The SMILES string of the molecule is Cc1cc(NC(=O)CN2CCC[C@H](c3ccn[nH]3)C2)n(C(C)(C)C)n1. The summed E-state index contributed by atoms with van der Waals surface area (Å²) in [4.78, 5) is 14.8. The van der Waals surface area contributed by atoms with Crippen LogP contribution in [0.5, 0.6) is 0 Å². The number of likely N-dealkylation sites (tertiary alicyclic amines) is 1. The molecule has 1 aliphatic rings. The number of aromatic nitrogens is 4. The van der Waals surface area contributed by atoms with Gasteiger partial charge in [-0.3, -0.25) is 14.8 Å². The monoisotopic (exact) mass is 344 g/mol. The van der Waals surface area contributed by atoms with Crippen LogP contribution in [-0.2, 0) is 10.3 Å². The first kappa shape index (κ1) is 17.7. The first-order valence-corrected chi connectivity index (χ1v) is 8.91. The number of hydrogen-bond donors (Lipinski definition) is 2. The zero-order valence-electron chi connectivity index (χ0n) is 15.5. The summed E-state index contributed by atoms with van der Waals surface area (Å²) in [5, 5.41) is 14.6. The van der Waals surface area contributed by atoms with Crippen molar-refractivity contribution in [3.63, 3.8) is 0 Å². The Bertz CT molecular complexity index is 713. The van der Waals surface area contributed by atoms with Gasteiger partial charge in [0.15, 0.2) is 0 Å². The molecule has 0 bridgehead atoms. The molecule has 0 spiro atoms. The second-order valence-electron chi connectivity index (χ2n) is 7.89. The van der Waals surface area contributed by atoms with Crippen LogP contribution in [0.25, 0.3) is 0 Å². The van der Waals surface area contributed by atoms with Gasteiger partial charge in [-0.15, -0.1) is 0 Å². The first-order valence-electron chi connectivity index (χ1n) is 8.91. The summed E-state index contributed by atoms with van der Waals surface area (Å²) in [7, 11) is 0. The molecule has 7 heteroatoms. The lowest BCUT2D eigenvalue weighted by molar-refractivity contribution is -0.117. The van der Waals surface area contributed by atoms with E-state index in [0.717, 1.165) is 43.1 Å². The molecule has 1 fully saturated rings. The quantitative estimate of drug-likeness (QED) is 0.893. The van der Waals surface area contributed by atoms with Gasteiger partial charge in [0.25, 0.3) is 0 Å². The van der Waals surface area contributed by atoms with Crippen molar-refractivity contribution in [2.45, 2.75) is 52.0 Å². The van der Waals surface area contributed by atoms with Crippen molar-refractivity contribution >= 4 is 11.7 Å². The van der Waals surface area contributed by atoms with Crippen molar-refractivity contribution in [1.82, 2.24) is 24.9 Å². The van der Waals surface area contributed by atoms with E-state index in [1.165, 1.54) is 0 Å². The maximum Gasteiger partial charge on any atom is 0.239 e. The highest BCUT2D eigenvalue weighted by atomic mass is 16.2. The third kappa shape index (κ3) is 4.28. The molecule has 1 saturated heterocycles. The van der Waals surface area contributed by atoms with Gasteiger partial charge in [0, 0.05) is 30.4 Å². The first-order chi connectivity index (χ1) is 11.8. The molecule has 0 unspecified atom stereocenters. The lowest BCUT2D eigenvalue weighted by Crippen LogP contribution is -2.40. The number of anilines is 1.